The van der Waals surface area contributed by atoms with Crippen molar-refractivity contribution in [2.45, 2.75) is 43.1 Å². The average Bonchev–Trinajstić information content (AvgIpc) is 2.58. The van der Waals surface area contributed by atoms with Crippen LogP contribution in [0.15, 0.2) is 16.8 Å². The van der Waals surface area contributed by atoms with Gasteiger partial charge in [-0.15, -0.1) is 0 Å². The number of ether oxygens (including phenoxy) is 1. The van der Waals surface area contributed by atoms with Crippen LogP contribution in [0.25, 0.3) is 0 Å². The van der Waals surface area contributed by atoms with Crippen LogP contribution in [0.5, 0.6) is 0 Å². The van der Waals surface area contributed by atoms with E-state index in [1.807, 2.05) is 0 Å². The Morgan fingerprint density at radius 2 is 2.47 bits per heavy atom. The standard InChI is InChI=1S/C12H15NOS/c1-13-9-2-3-10(13)11-12(6-9,14-11)8-4-5-15-7-8/h4-5,7,9-11H,2-3,6H2,1H3/t9?,10?,11?,12-/m0/s1. The molecule has 80 valence electrons. The molecule has 1 aromatic rings. The Morgan fingerprint density at radius 1 is 1.53 bits per heavy atom. The Labute approximate surface area is 93.8 Å². The maximum absolute atomic E-state index is 6.08. The van der Waals surface area contributed by atoms with Gasteiger partial charge < -0.3 is 4.74 Å². The van der Waals surface area contributed by atoms with Gasteiger partial charge in [0, 0.05) is 12.1 Å². The van der Waals surface area contributed by atoms with Crippen LogP contribution in [-0.4, -0.2) is 30.1 Å². The van der Waals surface area contributed by atoms with E-state index in [4.69, 9.17) is 4.74 Å². The second-order valence-electron chi connectivity index (χ2n) is 5.11. The maximum atomic E-state index is 6.08. The SMILES string of the molecule is CN1C2CCC1C1O[C@]1(c1ccsc1)C2. The van der Waals surface area contributed by atoms with E-state index in [1.54, 1.807) is 11.3 Å². The molecule has 4 rings (SSSR count). The molecule has 3 heteroatoms. The lowest BCUT2D eigenvalue weighted by atomic mass is 9.86. The van der Waals surface area contributed by atoms with Crippen molar-refractivity contribution in [1.29, 1.82) is 0 Å². The molecule has 3 fully saturated rings. The van der Waals surface area contributed by atoms with E-state index in [1.165, 1.54) is 24.8 Å². The summed E-state index contributed by atoms with van der Waals surface area (Å²) >= 11 is 1.79. The van der Waals surface area contributed by atoms with Crippen molar-refractivity contribution in [3.05, 3.63) is 22.4 Å². The molecule has 4 heterocycles. The van der Waals surface area contributed by atoms with Crippen LogP contribution >= 0.6 is 11.3 Å². The lowest BCUT2D eigenvalue weighted by Crippen LogP contribution is -2.44. The molecule has 0 radical (unpaired) electrons. The Bertz CT molecular complexity index is 390. The Balaban J connectivity index is 1.74. The second-order valence-corrected chi connectivity index (χ2v) is 5.89. The van der Waals surface area contributed by atoms with Gasteiger partial charge in [0.15, 0.2) is 0 Å². The third-order valence-electron chi connectivity index (χ3n) is 4.53. The summed E-state index contributed by atoms with van der Waals surface area (Å²) in [6.07, 6.45) is 4.39. The molecule has 2 bridgehead atoms. The van der Waals surface area contributed by atoms with Crippen molar-refractivity contribution in [1.82, 2.24) is 4.90 Å². The minimum Gasteiger partial charge on any atom is -0.359 e. The molecule has 0 saturated carbocycles. The summed E-state index contributed by atoms with van der Waals surface area (Å²) in [4.78, 5) is 2.54. The van der Waals surface area contributed by atoms with Crippen LogP contribution < -0.4 is 0 Å². The summed E-state index contributed by atoms with van der Waals surface area (Å²) in [6, 6.07) is 3.69. The fourth-order valence-electron chi connectivity index (χ4n) is 3.60. The third kappa shape index (κ3) is 0.967. The van der Waals surface area contributed by atoms with Crippen molar-refractivity contribution >= 4 is 11.3 Å². The smallest absolute Gasteiger partial charge is 0.124 e. The average molecular weight is 221 g/mol. The van der Waals surface area contributed by atoms with E-state index in [9.17, 15) is 0 Å². The van der Waals surface area contributed by atoms with E-state index in [-0.39, 0.29) is 5.60 Å². The molecule has 0 aromatic carbocycles. The summed E-state index contributed by atoms with van der Waals surface area (Å²) < 4.78 is 6.08. The van der Waals surface area contributed by atoms with Crippen LogP contribution in [0.1, 0.15) is 24.8 Å². The van der Waals surface area contributed by atoms with Crippen LogP contribution in [-0.2, 0) is 10.3 Å². The van der Waals surface area contributed by atoms with Gasteiger partial charge in [0.1, 0.15) is 11.7 Å². The van der Waals surface area contributed by atoms with Gasteiger partial charge in [0.2, 0.25) is 0 Å². The third-order valence-corrected chi connectivity index (χ3v) is 5.22. The molecular formula is C12H15NOS. The molecule has 3 saturated heterocycles. The quantitative estimate of drug-likeness (QED) is 0.676. The van der Waals surface area contributed by atoms with Crippen LogP contribution in [0, 0.1) is 0 Å². The number of thiophene rings is 1. The zero-order valence-corrected chi connectivity index (χ0v) is 9.67. The fraction of sp³-hybridized carbons (Fsp3) is 0.667. The molecule has 0 amide bonds. The monoisotopic (exact) mass is 221 g/mol. The van der Waals surface area contributed by atoms with E-state index in [2.05, 4.69) is 28.8 Å². The Morgan fingerprint density at radius 3 is 3.27 bits per heavy atom. The molecule has 3 unspecified atom stereocenters. The number of piperidine rings is 1. The summed E-state index contributed by atoms with van der Waals surface area (Å²) in [5.41, 5.74) is 1.56. The highest BCUT2D eigenvalue weighted by atomic mass is 32.1. The number of likely N-dealkylation sites (N-methyl/N-ethyl adjacent to an activating group) is 1. The molecule has 15 heavy (non-hydrogen) atoms. The van der Waals surface area contributed by atoms with Crippen LogP contribution in [0.2, 0.25) is 0 Å². The summed E-state index contributed by atoms with van der Waals surface area (Å²) in [5, 5.41) is 4.44. The van der Waals surface area contributed by atoms with Crippen molar-refractivity contribution in [2.24, 2.45) is 0 Å². The van der Waals surface area contributed by atoms with Crippen molar-refractivity contribution in [3.63, 3.8) is 0 Å². The highest BCUT2D eigenvalue weighted by Crippen LogP contribution is 2.59. The number of hydrogen-bond donors (Lipinski definition) is 0. The second kappa shape index (κ2) is 2.65. The minimum atomic E-state index is 0.123. The van der Waals surface area contributed by atoms with Crippen molar-refractivity contribution < 1.29 is 4.74 Å². The first kappa shape index (κ1) is 8.74. The Hall–Kier alpha value is -0.380. The van der Waals surface area contributed by atoms with Gasteiger partial charge in [-0.1, -0.05) is 0 Å². The largest absolute Gasteiger partial charge is 0.359 e. The molecule has 0 spiro atoms. The molecule has 2 nitrogen and oxygen atoms in total. The molecule has 0 N–H and O–H groups in total. The van der Waals surface area contributed by atoms with E-state index >= 15 is 0 Å². The minimum absolute atomic E-state index is 0.123. The van der Waals surface area contributed by atoms with E-state index < -0.39 is 0 Å². The number of fused-ring (bicyclic) bond motifs is 4. The zero-order valence-electron chi connectivity index (χ0n) is 8.85. The van der Waals surface area contributed by atoms with Crippen molar-refractivity contribution in [3.8, 4) is 0 Å². The van der Waals surface area contributed by atoms with E-state index in [0.717, 1.165) is 6.04 Å². The lowest BCUT2D eigenvalue weighted by Gasteiger charge is -2.32. The number of epoxide rings is 1. The van der Waals surface area contributed by atoms with Crippen LogP contribution in [0.4, 0.5) is 0 Å². The van der Waals surface area contributed by atoms with Gasteiger partial charge in [-0.3, -0.25) is 4.90 Å². The van der Waals surface area contributed by atoms with Crippen molar-refractivity contribution in [2.75, 3.05) is 7.05 Å². The Kier molecular flexibility index (Phi) is 1.54. The predicted octanol–water partition coefficient (Wildman–Crippen LogP) is 2.21. The highest BCUT2D eigenvalue weighted by Gasteiger charge is 2.67. The predicted molar refractivity (Wildman–Crippen MR) is 60.1 cm³/mol. The first-order valence-corrected chi connectivity index (χ1v) is 6.68. The zero-order chi connectivity index (χ0) is 10.0. The first-order chi connectivity index (χ1) is 7.31. The van der Waals surface area contributed by atoms with Gasteiger partial charge in [0.25, 0.3) is 0 Å². The topological polar surface area (TPSA) is 15.8 Å². The molecule has 4 atom stereocenters. The normalized spacial score (nSPS) is 47.9. The van der Waals surface area contributed by atoms with Gasteiger partial charge in [-0.05, 0) is 48.7 Å². The maximum Gasteiger partial charge on any atom is 0.124 e. The molecule has 3 aliphatic rings. The van der Waals surface area contributed by atoms with Gasteiger partial charge >= 0.3 is 0 Å². The summed E-state index contributed by atoms with van der Waals surface area (Å²) in [6.45, 7) is 0. The van der Waals surface area contributed by atoms with Gasteiger partial charge in [-0.2, -0.15) is 11.3 Å². The first-order valence-electron chi connectivity index (χ1n) is 5.74. The van der Waals surface area contributed by atoms with E-state index in [0.29, 0.717) is 12.1 Å². The summed E-state index contributed by atoms with van der Waals surface area (Å²) in [5.74, 6) is 0. The van der Waals surface area contributed by atoms with Crippen LogP contribution in [0.3, 0.4) is 0 Å². The van der Waals surface area contributed by atoms with Gasteiger partial charge in [-0.25, -0.2) is 0 Å². The molecule has 1 aromatic heterocycles. The fourth-order valence-corrected chi connectivity index (χ4v) is 4.33. The highest BCUT2D eigenvalue weighted by molar-refractivity contribution is 7.08. The lowest BCUT2D eigenvalue weighted by molar-refractivity contribution is 0.177. The number of nitrogens with zero attached hydrogens (tertiary/aromatic N) is 1. The molecule has 3 aliphatic heterocycles. The summed E-state index contributed by atoms with van der Waals surface area (Å²) in [7, 11) is 2.27. The number of hydrogen-bond acceptors (Lipinski definition) is 3. The number of rotatable bonds is 1. The van der Waals surface area contributed by atoms with Gasteiger partial charge in [0.05, 0.1) is 0 Å². The molecule has 0 aliphatic carbocycles. The molecular weight excluding hydrogens is 206 g/mol.